The summed E-state index contributed by atoms with van der Waals surface area (Å²) in [7, 11) is 1.77. The molecule has 0 radical (unpaired) electrons. The first-order valence-corrected chi connectivity index (χ1v) is 4.73. The van der Waals surface area contributed by atoms with Crippen molar-refractivity contribution in [2.24, 2.45) is 7.05 Å². The summed E-state index contributed by atoms with van der Waals surface area (Å²) >= 11 is 0. The maximum atomic E-state index is 11.2. The van der Waals surface area contributed by atoms with Crippen LogP contribution in [0.25, 0.3) is 0 Å². The van der Waals surface area contributed by atoms with E-state index >= 15 is 0 Å². The molecule has 0 aliphatic rings. The van der Waals surface area contributed by atoms with E-state index in [9.17, 15) is 9.59 Å². The number of aryl methyl sites for hydroxylation is 1. The van der Waals surface area contributed by atoms with Crippen LogP contribution >= 0.6 is 0 Å². The van der Waals surface area contributed by atoms with Gasteiger partial charge in [-0.1, -0.05) is 0 Å². The van der Waals surface area contributed by atoms with E-state index in [1.807, 2.05) is 0 Å². The number of hydrogen-bond donors (Lipinski definition) is 3. The lowest BCUT2D eigenvalue weighted by atomic mass is 10.3. The second-order valence-electron chi connectivity index (χ2n) is 3.41. The van der Waals surface area contributed by atoms with Crippen LogP contribution in [0.15, 0.2) is 12.4 Å². The summed E-state index contributed by atoms with van der Waals surface area (Å²) in [5, 5.41) is 17.3. The highest BCUT2D eigenvalue weighted by molar-refractivity contribution is 5.82. The Labute approximate surface area is 92.4 Å². The second-order valence-corrected chi connectivity index (χ2v) is 3.41. The largest absolute Gasteiger partial charge is 0.480 e. The van der Waals surface area contributed by atoms with Crippen LogP contribution in [0.5, 0.6) is 0 Å². The number of carbonyl (C=O) groups is 2. The van der Waals surface area contributed by atoms with Crippen molar-refractivity contribution in [3.8, 4) is 0 Å². The van der Waals surface area contributed by atoms with Gasteiger partial charge >= 0.3 is 12.0 Å². The number of carbonyl (C=O) groups excluding carboxylic acids is 1. The van der Waals surface area contributed by atoms with Gasteiger partial charge in [0.15, 0.2) is 0 Å². The number of carboxylic acid groups (broad SMARTS) is 1. The highest BCUT2D eigenvalue weighted by atomic mass is 16.4. The van der Waals surface area contributed by atoms with Crippen molar-refractivity contribution in [2.45, 2.75) is 19.5 Å². The Morgan fingerprint density at radius 2 is 2.31 bits per heavy atom. The Bertz CT molecular complexity index is 388. The lowest BCUT2D eigenvalue weighted by Crippen LogP contribution is -2.44. The predicted octanol–water partition coefficient (Wildman–Crippen LogP) is -0.308. The quantitative estimate of drug-likeness (QED) is 0.656. The minimum Gasteiger partial charge on any atom is -0.480 e. The average Bonchev–Trinajstić information content (AvgIpc) is 2.61. The number of hydrogen-bond acceptors (Lipinski definition) is 3. The van der Waals surface area contributed by atoms with Crippen LogP contribution in [0, 0.1) is 0 Å². The van der Waals surface area contributed by atoms with E-state index in [4.69, 9.17) is 5.11 Å². The van der Waals surface area contributed by atoms with E-state index in [2.05, 4.69) is 15.7 Å². The molecule has 0 aromatic carbocycles. The third-order valence-electron chi connectivity index (χ3n) is 1.93. The molecule has 0 spiro atoms. The number of carboxylic acids is 1. The lowest BCUT2D eigenvalue weighted by molar-refractivity contribution is -0.138. The van der Waals surface area contributed by atoms with Gasteiger partial charge in [-0.25, -0.2) is 4.79 Å². The molecule has 1 aromatic rings. The Morgan fingerprint density at radius 3 is 2.81 bits per heavy atom. The van der Waals surface area contributed by atoms with E-state index < -0.39 is 18.0 Å². The molecule has 1 rings (SSSR count). The molecule has 1 aromatic heterocycles. The molecule has 0 fully saturated rings. The maximum absolute atomic E-state index is 11.2. The second kappa shape index (κ2) is 5.15. The SMILES string of the molecule is C[C@@H](NC(=O)NCc1cnn(C)c1)C(=O)O. The minimum absolute atomic E-state index is 0.312. The van der Waals surface area contributed by atoms with E-state index in [1.54, 1.807) is 24.1 Å². The molecule has 0 saturated carbocycles. The molecule has 3 N–H and O–H groups in total. The highest BCUT2D eigenvalue weighted by Crippen LogP contribution is 1.94. The average molecular weight is 226 g/mol. The number of nitrogens with one attached hydrogen (secondary N) is 2. The Morgan fingerprint density at radius 1 is 1.62 bits per heavy atom. The first-order chi connectivity index (χ1) is 7.49. The van der Waals surface area contributed by atoms with Crippen molar-refractivity contribution in [3.05, 3.63) is 18.0 Å². The molecule has 1 atom stereocenters. The Kier molecular flexibility index (Phi) is 3.87. The topological polar surface area (TPSA) is 96.3 Å². The smallest absolute Gasteiger partial charge is 0.325 e. The van der Waals surface area contributed by atoms with Crippen LogP contribution in [0.3, 0.4) is 0 Å². The monoisotopic (exact) mass is 226 g/mol. The fourth-order valence-corrected chi connectivity index (χ4v) is 1.05. The third kappa shape index (κ3) is 3.60. The van der Waals surface area contributed by atoms with Crippen LogP contribution in [0.1, 0.15) is 12.5 Å². The molecule has 0 bridgehead atoms. The van der Waals surface area contributed by atoms with Crippen LogP contribution in [-0.2, 0) is 18.4 Å². The van der Waals surface area contributed by atoms with Crippen molar-refractivity contribution in [1.82, 2.24) is 20.4 Å². The zero-order valence-electron chi connectivity index (χ0n) is 9.10. The van der Waals surface area contributed by atoms with E-state index in [0.717, 1.165) is 5.56 Å². The summed E-state index contributed by atoms with van der Waals surface area (Å²) in [5.74, 6) is -1.07. The van der Waals surface area contributed by atoms with Crippen molar-refractivity contribution < 1.29 is 14.7 Å². The van der Waals surface area contributed by atoms with Crippen molar-refractivity contribution >= 4 is 12.0 Å². The standard InChI is InChI=1S/C9H14N4O3/c1-6(8(14)15)12-9(16)10-3-7-4-11-13(2)5-7/h4-6H,3H2,1-2H3,(H,14,15)(H2,10,12,16)/t6-/m1/s1. The number of aliphatic carboxylic acids is 1. The molecular formula is C9H14N4O3. The van der Waals surface area contributed by atoms with Crippen LogP contribution in [0.2, 0.25) is 0 Å². The van der Waals surface area contributed by atoms with Gasteiger partial charge in [0.25, 0.3) is 0 Å². The number of rotatable bonds is 4. The van der Waals surface area contributed by atoms with Gasteiger partial charge in [-0.3, -0.25) is 9.48 Å². The zero-order valence-corrected chi connectivity index (χ0v) is 9.10. The van der Waals surface area contributed by atoms with Crippen molar-refractivity contribution in [2.75, 3.05) is 0 Å². The molecule has 0 unspecified atom stereocenters. The van der Waals surface area contributed by atoms with Crippen LogP contribution < -0.4 is 10.6 Å². The van der Waals surface area contributed by atoms with Gasteiger partial charge in [-0.15, -0.1) is 0 Å². The summed E-state index contributed by atoms with van der Waals surface area (Å²) < 4.78 is 1.62. The zero-order chi connectivity index (χ0) is 12.1. The summed E-state index contributed by atoms with van der Waals surface area (Å²) in [4.78, 5) is 21.7. The molecule has 0 aliphatic carbocycles. The maximum Gasteiger partial charge on any atom is 0.325 e. The fraction of sp³-hybridized carbons (Fsp3) is 0.444. The minimum atomic E-state index is -1.07. The third-order valence-corrected chi connectivity index (χ3v) is 1.93. The summed E-state index contributed by atoms with van der Waals surface area (Å²) in [6, 6.07) is -1.42. The Hall–Kier alpha value is -2.05. The van der Waals surface area contributed by atoms with Crippen molar-refractivity contribution in [3.63, 3.8) is 0 Å². The van der Waals surface area contributed by atoms with Gasteiger partial charge in [0.1, 0.15) is 6.04 Å². The summed E-state index contributed by atoms with van der Waals surface area (Å²) in [6.07, 6.45) is 3.39. The molecule has 1 heterocycles. The number of aromatic nitrogens is 2. The molecule has 2 amide bonds. The Balaban J connectivity index is 2.33. The number of nitrogens with zero attached hydrogens (tertiary/aromatic N) is 2. The highest BCUT2D eigenvalue weighted by Gasteiger charge is 2.13. The molecule has 7 nitrogen and oxygen atoms in total. The molecule has 7 heteroatoms. The fourth-order valence-electron chi connectivity index (χ4n) is 1.05. The summed E-state index contributed by atoms with van der Waals surface area (Å²) in [6.45, 7) is 1.71. The van der Waals surface area contributed by atoms with Gasteiger partial charge in [0.2, 0.25) is 0 Å². The van der Waals surface area contributed by atoms with E-state index in [1.165, 1.54) is 6.92 Å². The van der Waals surface area contributed by atoms with Gasteiger partial charge in [-0.2, -0.15) is 5.10 Å². The number of amides is 2. The molecule has 16 heavy (non-hydrogen) atoms. The molecule has 88 valence electrons. The van der Waals surface area contributed by atoms with Crippen LogP contribution in [0.4, 0.5) is 4.79 Å². The summed E-state index contributed by atoms with van der Waals surface area (Å²) in [5.41, 5.74) is 0.848. The van der Waals surface area contributed by atoms with Gasteiger partial charge in [-0.05, 0) is 6.92 Å². The van der Waals surface area contributed by atoms with Crippen molar-refractivity contribution in [1.29, 1.82) is 0 Å². The predicted molar refractivity (Wildman–Crippen MR) is 55.7 cm³/mol. The lowest BCUT2D eigenvalue weighted by Gasteiger charge is -2.09. The van der Waals surface area contributed by atoms with Crippen LogP contribution in [-0.4, -0.2) is 32.9 Å². The van der Waals surface area contributed by atoms with E-state index in [0.29, 0.717) is 6.54 Å². The van der Waals surface area contributed by atoms with Gasteiger partial charge < -0.3 is 15.7 Å². The first-order valence-electron chi connectivity index (χ1n) is 4.73. The van der Waals surface area contributed by atoms with Gasteiger partial charge in [0, 0.05) is 25.4 Å². The molecule has 0 saturated heterocycles. The first kappa shape index (κ1) is 12.0. The normalized spacial score (nSPS) is 11.9. The molecular weight excluding hydrogens is 212 g/mol. The van der Waals surface area contributed by atoms with E-state index in [-0.39, 0.29) is 0 Å². The molecule has 0 aliphatic heterocycles. The number of urea groups is 1. The van der Waals surface area contributed by atoms with Gasteiger partial charge in [0.05, 0.1) is 6.20 Å².